The largest absolute Gasteiger partial charge is 0.454 e. The van der Waals surface area contributed by atoms with E-state index in [4.69, 9.17) is 9.47 Å². The predicted molar refractivity (Wildman–Crippen MR) is 96.3 cm³/mol. The van der Waals surface area contributed by atoms with Crippen molar-refractivity contribution in [3.05, 3.63) is 46.2 Å². The van der Waals surface area contributed by atoms with Gasteiger partial charge in [0.15, 0.2) is 11.5 Å². The van der Waals surface area contributed by atoms with E-state index in [-0.39, 0.29) is 31.2 Å². The fourth-order valence-corrected chi connectivity index (χ4v) is 3.71. The molecule has 26 heavy (non-hydrogen) atoms. The number of thiophene rings is 1. The maximum atomic E-state index is 12.6. The summed E-state index contributed by atoms with van der Waals surface area (Å²) in [5.74, 6) is 0.859. The highest BCUT2D eigenvalue weighted by Crippen LogP contribution is 2.39. The summed E-state index contributed by atoms with van der Waals surface area (Å²) in [6, 6.07) is 9.35. The summed E-state index contributed by atoms with van der Waals surface area (Å²) >= 11 is 1.59. The lowest BCUT2D eigenvalue weighted by atomic mass is 10.0. The van der Waals surface area contributed by atoms with Crippen LogP contribution in [0, 0.1) is 0 Å². The minimum Gasteiger partial charge on any atom is -0.454 e. The number of fused-ring (bicyclic) bond motifs is 1. The number of nitrogens with one attached hydrogen (secondary N) is 1. The number of nitrogens with zero attached hydrogens (tertiary/aromatic N) is 2. The van der Waals surface area contributed by atoms with E-state index in [0.29, 0.717) is 17.9 Å². The van der Waals surface area contributed by atoms with Crippen molar-refractivity contribution in [3.63, 3.8) is 0 Å². The molecular weight excluding hydrogens is 354 g/mol. The maximum Gasteiger partial charge on any atom is 0.262 e. The highest BCUT2D eigenvalue weighted by molar-refractivity contribution is 7.12. The predicted octanol–water partition coefficient (Wildman–Crippen LogP) is 2.29. The van der Waals surface area contributed by atoms with E-state index in [1.54, 1.807) is 11.3 Å². The summed E-state index contributed by atoms with van der Waals surface area (Å²) in [6.45, 7) is 1.50. The lowest BCUT2D eigenvalue weighted by Gasteiger charge is -2.22. The quantitative estimate of drug-likeness (QED) is 0.894. The fourth-order valence-electron chi connectivity index (χ4n) is 2.99. The number of rotatable bonds is 4. The molecule has 1 N–H and O–H groups in total. The van der Waals surface area contributed by atoms with E-state index in [0.717, 1.165) is 16.2 Å². The lowest BCUT2D eigenvalue weighted by molar-refractivity contribution is -0.134. The van der Waals surface area contributed by atoms with Crippen LogP contribution < -0.4 is 14.8 Å². The van der Waals surface area contributed by atoms with E-state index in [1.807, 2.05) is 35.7 Å². The van der Waals surface area contributed by atoms with Crippen molar-refractivity contribution in [1.82, 2.24) is 10.3 Å². The minimum atomic E-state index is -0.255. The molecule has 1 aromatic carbocycles. The Labute approximate surface area is 154 Å². The molecule has 0 aliphatic carbocycles. The van der Waals surface area contributed by atoms with Crippen molar-refractivity contribution >= 4 is 28.9 Å². The van der Waals surface area contributed by atoms with Gasteiger partial charge in [-0.15, -0.1) is 11.3 Å². The number of benzene rings is 1. The molecule has 1 atom stereocenters. The van der Waals surface area contributed by atoms with Gasteiger partial charge in [0.1, 0.15) is 0 Å². The molecule has 1 aromatic heterocycles. The van der Waals surface area contributed by atoms with Gasteiger partial charge in [-0.1, -0.05) is 12.1 Å². The van der Waals surface area contributed by atoms with Gasteiger partial charge >= 0.3 is 0 Å². The highest BCUT2D eigenvalue weighted by Gasteiger charge is 2.34. The van der Waals surface area contributed by atoms with Gasteiger partial charge in [0.2, 0.25) is 12.7 Å². The number of carbonyl (C=O) groups is 2. The second-order valence-electron chi connectivity index (χ2n) is 6.00. The van der Waals surface area contributed by atoms with E-state index < -0.39 is 0 Å². The average molecular weight is 371 g/mol. The van der Waals surface area contributed by atoms with Crippen LogP contribution >= 0.6 is 11.3 Å². The molecule has 0 saturated carbocycles. The fraction of sp³-hybridized carbons (Fsp3) is 0.278. The smallest absolute Gasteiger partial charge is 0.262 e. The molecule has 0 spiro atoms. The van der Waals surface area contributed by atoms with Gasteiger partial charge in [0.05, 0.1) is 23.2 Å². The number of hydrogen-bond acceptors (Lipinski definition) is 6. The first-order valence-corrected chi connectivity index (χ1v) is 9.07. The summed E-state index contributed by atoms with van der Waals surface area (Å²) in [5.41, 5.74) is 1.78. The molecule has 1 unspecified atom stereocenters. The van der Waals surface area contributed by atoms with Gasteiger partial charge in [0.25, 0.3) is 5.91 Å². The number of hydrazone groups is 1. The van der Waals surface area contributed by atoms with Crippen molar-refractivity contribution in [2.75, 3.05) is 13.3 Å². The normalized spacial score (nSPS) is 18.0. The van der Waals surface area contributed by atoms with Crippen LogP contribution in [0.4, 0.5) is 0 Å². The van der Waals surface area contributed by atoms with Crippen LogP contribution in [0.15, 0.2) is 40.8 Å². The topological polar surface area (TPSA) is 80.2 Å². The monoisotopic (exact) mass is 371 g/mol. The highest BCUT2D eigenvalue weighted by atomic mass is 32.1. The van der Waals surface area contributed by atoms with Crippen LogP contribution in [-0.4, -0.2) is 35.9 Å². The minimum absolute atomic E-state index is 0.0857. The standard InChI is InChI=1S/C18H17N3O4S/c1-11(22)19-9-18(23)21-14(8-13(20-21)17-3-2-6-26-17)12-4-5-15-16(7-12)25-10-24-15/h2-7,14H,8-10H2,1H3,(H,19,22). The molecule has 2 aromatic rings. The number of hydrogen-bond donors (Lipinski definition) is 1. The van der Waals surface area contributed by atoms with Crippen LogP contribution in [0.1, 0.15) is 29.8 Å². The summed E-state index contributed by atoms with van der Waals surface area (Å²) in [5, 5.41) is 10.5. The second-order valence-corrected chi connectivity index (χ2v) is 6.95. The molecule has 2 aliphatic rings. The van der Waals surface area contributed by atoms with Gasteiger partial charge in [-0.25, -0.2) is 5.01 Å². The molecule has 3 heterocycles. The molecule has 0 bridgehead atoms. The van der Waals surface area contributed by atoms with Gasteiger partial charge in [-0.05, 0) is 29.1 Å². The van der Waals surface area contributed by atoms with E-state index >= 15 is 0 Å². The molecule has 0 radical (unpaired) electrons. The van der Waals surface area contributed by atoms with E-state index in [2.05, 4.69) is 10.4 Å². The first kappa shape index (κ1) is 16.6. The Morgan fingerprint density at radius 2 is 2.15 bits per heavy atom. The zero-order chi connectivity index (χ0) is 18.1. The van der Waals surface area contributed by atoms with Crippen molar-refractivity contribution in [2.24, 2.45) is 5.10 Å². The molecule has 0 saturated heterocycles. The third-order valence-corrected chi connectivity index (χ3v) is 5.16. The molecule has 2 amide bonds. The number of amides is 2. The molecule has 7 nitrogen and oxygen atoms in total. The van der Waals surface area contributed by atoms with Crippen molar-refractivity contribution < 1.29 is 19.1 Å². The zero-order valence-electron chi connectivity index (χ0n) is 14.1. The van der Waals surface area contributed by atoms with Gasteiger partial charge in [-0.3, -0.25) is 9.59 Å². The lowest BCUT2D eigenvalue weighted by Crippen LogP contribution is -2.37. The Balaban J connectivity index is 1.63. The summed E-state index contributed by atoms with van der Waals surface area (Å²) in [6.07, 6.45) is 0.603. The Morgan fingerprint density at radius 3 is 2.92 bits per heavy atom. The Morgan fingerprint density at radius 1 is 1.31 bits per heavy atom. The van der Waals surface area contributed by atoms with Gasteiger partial charge in [-0.2, -0.15) is 5.10 Å². The summed E-state index contributed by atoms with van der Waals surface area (Å²) in [4.78, 5) is 24.8. The second kappa shape index (κ2) is 6.80. The van der Waals surface area contributed by atoms with Crippen LogP contribution in [0.5, 0.6) is 11.5 Å². The van der Waals surface area contributed by atoms with E-state index in [9.17, 15) is 9.59 Å². The zero-order valence-corrected chi connectivity index (χ0v) is 14.9. The third kappa shape index (κ3) is 3.15. The molecule has 2 aliphatic heterocycles. The van der Waals surface area contributed by atoms with Crippen molar-refractivity contribution in [3.8, 4) is 11.5 Å². The average Bonchev–Trinajstić information content (AvgIpc) is 3.38. The van der Waals surface area contributed by atoms with Crippen LogP contribution in [-0.2, 0) is 9.59 Å². The summed E-state index contributed by atoms with van der Waals surface area (Å²) in [7, 11) is 0. The van der Waals surface area contributed by atoms with Crippen molar-refractivity contribution in [2.45, 2.75) is 19.4 Å². The number of carbonyl (C=O) groups excluding carboxylic acids is 2. The van der Waals surface area contributed by atoms with Gasteiger partial charge in [0, 0.05) is 13.3 Å². The third-order valence-electron chi connectivity index (χ3n) is 4.24. The number of ether oxygens (including phenoxy) is 2. The Kier molecular flexibility index (Phi) is 4.34. The van der Waals surface area contributed by atoms with Gasteiger partial charge < -0.3 is 14.8 Å². The molecule has 0 fully saturated rings. The van der Waals surface area contributed by atoms with Crippen LogP contribution in [0.25, 0.3) is 0 Å². The maximum absolute atomic E-state index is 12.6. The summed E-state index contributed by atoms with van der Waals surface area (Å²) < 4.78 is 10.8. The van der Waals surface area contributed by atoms with Crippen molar-refractivity contribution in [1.29, 1.82) is 0 Å². The first-order chi connectivity index (χ1) is 12.6. The molecular formula is C18H17N3O4S. The Hall–Kier alpha value is -2.87. The molecule has 4 rings (SSSR count). The van der Waals surface area contributed by atoms with Crippen LogP contribution in [0.3, 0.4) is 0 Å². The molecule has 134 valence electrons. The van der Waals surface area contributed by atoms with E-state index in [1.165, 1.54) is 11.9 Å². The van der Waals surface area contributed by atoms with Crippen LogP contribution in [0.2, 0.25) is 0 Å². The Bertz CT molecular complexity index is 879. The SMILES string of the molecule is CC(=O)NCC(=O)N1N=C(c2cccs2)CC1c1ccc2c(c1)OCO2. The molecule has 8 heteroatoms. The first-order valence-electron chi connectivity index (χ1n) is 8.19.